The Balaban J connectivity index is 2.10. The lowest BCUT2D eigenvalue weighted by molar-refractivity contribution is -0.299. The molecule has 1 aliphatic rings. The van der Waals surface area contributed by atoms with Crippen molar-refractivity contribution >= 4 is 46.3 Å². The Labute approximate surface area is 165 Å². The minimum atomic E-state index is -4.59. The van der Waals surface area contributed by atoms with Gasteiger partial charge in [0.25, 0.3) is 0 Å². The highest BCUT2D eigenvalue weighted by Gasteiger charge is 2.35. The van der Waals surface area contributed by atoms with Crippen molar-refractivity contribution < 1.29 is 23.1 Å². The summed E-state index contributed by atoms with van der Waals surface area (Å²) in [6.45, 7) is 1.45. The fourth-order valence-electron chi connectivity index (χ4n) is 2.51. The van der Waals surface area contributed by atoms with Crippen LogP contribution in [0.3, 0.4) is 0 Å². The number of hydrogen-bond acceptors (Lipinski definition) is 6. The number of amidine groups is 1. The largest absolute Gasteiger partial charge is 0.545 e. The zero-order valence-corrected chi connectivity index (χ0v) is 15.7. The van der Waals surface area contributed by atoms with Crippen molar-refractivity contribution in [3.8, 4) is 0 Å². The van der Waals surface area contributed by atoms with E-state index in [2.05, 4.69) is 15.3 Å². The lowest BCUT2D eigenvalue weighted by atomic mass is 9.96. The lowest BCUT2D eigenvalue weighted by Crippen LogP contribution is -2.37. The van der Waals surface area contributed by atoms with Gasteiger partial charge in [-0.3, -0.25) is 4.99 Å². The average Bonchev–Trinajstić information content (AvgIpc) is 3.04. The van der Waals surface area contributed by atoms with Gasteiger partial charge in [-0.15, -0.1) is 11.3 Å². The van der Waals surface area contributed by atoms with Gasteiger partial charge in [0.05, 0.1) is 5.97 Å². The van der Waals surface area contributed by atoms with Crippen molar-refractivity contribution in [2.45, 2.75) is 19.1 Å². The lowest BCUT2D eigenvalue weighted by Gasteiger charge is -2.27. The minimum absolute atomic E-state index is 0.00835. The molecule has 27 heavy (non-hydrogen) atoms. The number of aliphatic carboxylic acids is 1. The fraction of sp³-hybridized carbons (Fsp3) is 0.188. The van der Waals surface area contributed by atoms with E-state index in [9.17, 15) is 23.1 Å². The predicted molar refractivity (Wildman–Crippen MR) is 93.7 cm³/mol. The summed E-state index contributed by atoms with van der Waals surface area (Å²) in [7, 11) is 0. The number of thiazole rings is 1. The summed E-state index contributed by atoms with van der Waals surface area (Å²) in [6, 6.07) is 3.34. The summed E-state index contributed by atoms with van der Waals surface area (Å²) in [5.74, 6) is -1.47. The molecule has 1 atom stereocenters. The van der Waals surface area contributed by atoms with Gasteiger partial charge in [-0.2, -0.15) is 13.2 Å². The molecule has 2 aromatic rings. The molecule has 0 fully saturated rings. The van der Waals surface area contributed by atoms with Gasteiger partial charge in [-0.05, 0) is 24.6 Å². The molecule has 0 spiro atoms. The second-order valence-corrected chi connectivity index (χ2v) is 7.23. The summed E-state index contributed by atoms with van der Waals surface area (Å²) in [5.41, 5.74) is -0.748. The first-order chi connectivity index (χ1) is 12.6. The maximum Gasteiger partial charge on any atom is 0.434 e. The summed E-state index contributed by atoms with van der Waals surface area (Å²) < 4.78 is 38.4. The Morgan fingerprint density at radius 1 is 1.33 bits per heavy atom. The number of aliphatic imine (C=N–C) groups is 1. The number of alkyl halides is 3. The quantitative estimate of drug-likeness (QED) is 0.800. The zero-order chi connectivity index (χ0) is 19.9. The van der Waals surface area contributed by atoms with E-state index in [0.29, 0.717) is 10.6 Å². The number of nitrogens with zero attached hydrogens (tertiary/aromatic N) is 2. The number of carbonyl (C=O) groups excluding carboxylic acids is 1. The highest BCUT2D eigenvalue weighted by molar-refractivity contribution is 7.11. The predicted octanol–water partition coefficient (Wildman–Crippen LogP) is 3.58. The number of carboxylic acid groups (broad SMARTS) is 1. The van der Waals surface area contributed by atoms with Crippen molar-refractivity contribution in [2.75, 3.05) is 0 Å². The molecule has 1 aromatic heterocycles. The normalized spacial score (nSPS) is 17.6. The van der Waals surface area contributed by atoms with Crippen molar-refractivity contribution in [3.63, 3.8) is 0 Å². The molecule has 0 amide bonds. The van der Waals surface area contributed by atoms with Gasteiger partial charge in [0, 0.05) is 26.7 Å². The minimum Gasteiger partial charge on any atom is -0.545 e. The molecule has 0 saturated heterocycles. The zero-order valence-electron chi connectivity index (χ0n) is 13.4. The van der Waals surface area contributed by atoms with Crippen molar-refractivity contribution in [2.24, 2.45) is 4.99 Å². The van der Waals surface area contributed by atoms with E-state index in [-0.39, 0.29) is 27.1 Å². The molecule has 11 heteroatoms. The van der Waals surface area contributed by atoms with Crippen LogP contribution in [0.4, 0.5) is 13.2 Å². The van der Waals surface area contributed by atoms with Crippen LogP contribution in [0, 0.1) is 0 Å². The van der Waals surface area contributed by atoms with E-state index in [1.807, 2.05) is 0 Å². The smallest absolute Gasteiger partial charge is 0.434 e. The monoisotopic (exact) mass is 434 g/mol. The Bertz CT molecular complexity index is 986. The SMILES string of the molecule is CC1=C(C(=O)[O-])C(c2ccc(Cl)cc2Cl)N=C(c2nc(C(F)(F)F)cs2)N1. The van der Waals surface area contributed by atoms with Gasteiger partial charge in [0.1, 0.15) is 6.04 Å². The average molecular weight is 435 g/mol. The number of hydrogen-bond donors (Lipinski definition) is 1. The third kappa shape index (κ3) is 3.95. The van der Waals surface area contributed by atoms with E-state index in [1.165, 1.54) is 25.1 Å². The van der Waals surface area contributed by atoms with Gasteiger partial charge >= 0.3 is 6.18 Å². The highest BCUT2D eigenvalue weighted by Crippen LogP contribution is 2.37. The topological polar surface area (TPSA) is 77.4 Å². The summed E-state index contributed by atoms with van der Waals surface area (Å²) in [4.78, 5) is 19.4. The van der Waals surface area contributed by atoms with Crippen molar-refractivity contribution in [3.05, 3.63) is 61.2 Å². The second-order valence-electron chi connectivity index (χ2n) is 5.53. The van der Waals surface area contributed by atoms with Crippen LogP contribution in [0.2, 0.25) is 10.0 Å². The Morgan fingerprint density at radius 2 is 2.04 bits per heavy atom. The van der Waals surface area contributed by atoms with Gasteiger partial charge in [0.2, 0.25) is 0 Å². The van der Waals surface area contributed by atoms with Crippen LogP contribution in [-0.4, -0.2) is 16.8 Å². The molecule has 1 unspecified atom stereocenters. The van der Waals surface area contributed by atoms with E-state index in [1.54, 1.807) is 0 Å². The molecule has 1 N–H and O–H groups in total. The number of nitrogens with one attached hydrogen (secondary N) is 1. The molecule has 5 nitrogen and oxygen atoms in total. The van der Waals surface area contributed by atoms with E-state index >= 15 is 0 Å². The summed E-state index contributed by atoms with van der Waals surface area (Å²) in [5, 5.41) is 15.6. The number of carboxylic acids is 1. The van der Waals surface area contributed by atoms with Crippen molar-refractivity contribution in [1.29, 1.82) is 0 Å². The van der Waals surface area contributed by atoms with Crippen LogP contribution in [0.1, 0.15) is 29.2 Å². The van der Waals surface area contributed by atoms with Crippen LogP contribution in [0.5, 0.6) is 0 Å². The fourth-order valence-corrected chi connectivity index (χ4v) is 3.80. The van der Waals surface area contributed by atoms with Crippen LogP contribution >= 0.6 is 34.5 Å². The first kappa shape index (κ1) is 19.7. The molecule has 142 valence electrons. The first-order valence-electron chi connectivity index (χ1n) is 7.33. The number of rotatable bonds is 3. The van der Waals surface area contributed by atoms with E-state index < -0.39 is 23.9 Å². The summed E-state index contributed by atoms with van der Waals surface area (Å²) >= 11 is 12.8. The Hall–Kier alpha value is -2.10. The molecule has 1 aliphatic heterocycles. The Morgan fingerprint density at radius 3 is 2.59 bits per heavy atom. The third-order valence-electron chi connectivity index (χ3n) is 3.72. The molecular weight excluding hydrogens is 426 g/mol. The van der Waals surface area contributed by atoms with Gasteiger partial charge in [-0.25, -0.2) is 4.98 Å². The Kier molecular flexibility index (Phi) is 5.20. The number of halogens is 5. The standard InChI is InChI=1S/C16H10Cl2F3N3O2S/c1-6-11(15(25)26)12(8-3-2-7(17)4-9(8)18)24-13(22-6)14-23-10(5-27-14)16(19,20)21/h2-5,12H,1H3,(H,22,24)(H,25,26)/p-1. The third-order valence-corrected chi connectivity index (χ3v) is 5.13. The maximum atomic E-state index is 12.8. The maximum absolute atomic E-state index is 12.8. The number of carbonyl (C=O) groups is 1. The second kappa shape index (κ2) is 7.14. The molecule has 0 bridgehead atoms. The molecule has 3 rings (SSSR count). The van der Waals surface area contributed by atoms with Crippen LogP contribution in [0.25, 0.3) is 0 Å². The number of allylic oxidation sites excluding steroid dienone is 1. The molecule has 1 aromatic carbocycles. The van der Waals surface area contributed by atoms with Gasteiger partial charge in [-0.1, -0.05) is 29.3 Å². The summed E-state index contributed by atoms with van der Waals surface area (Å²) in [6.07, 6.45) is -4.59. The van der Waals surface area contributed by atoms with Crippen LogP contribution in [-0.2, 0) is 11.0 Å². The van der Waals surface area contributed by atoms with Crippen LogP contribution in [0.15, 0.2) is 39.8 Å². The van der Waals surface area contributed by atoms with E-state index in [4.69, 9.17) is 23.2 Å². The van der Waals surface area contributed by atoms with Gasteiger partial charge < -0.3 is 15.2 Å². The van der Waals surface area contributed by atoms with Crippen LogP contribution < -0.4 is 10.4 Å². The molecule has 0 saturated carbocycles. The molecule has 0 radical (unpaired) electrons. The molecular formula is C16H9Cl2F3N3O2S-. The van der Waals surface area contributed by atoms with Crippen molar-refractivity contribution in [1.82, 2.24) is 10.3 Å². The number of benzene rings is 1. The molecule has 2 heterocycles. The van der Waals surface area contributed by atoms with E-state index in [0.717, 1.165) is 16.7 Å². The van der Waals surface area contributed by atoms with Gasteiger partial charge in [0.15, 0.2) is 16.5 Å². The molecule has 0 aliphatic carbocycles. The first-order valence-corrected chi connectivity index (χ1v) is 8.96. The number of aromatic nitrogens is 1. The highest BCUT2D eigenvalue weighted by atomic mass is 35.5.